The molecule has 1 aliphatic heterocycles. The van der Waals surface area contributed by atoms with Crippen LogP contribution in [0.2, 0.25) is 0 Å². The summed E-state index contributed by atoms with van der Waals surface area (Å²) in [7, 11) is 0. The number of aromatic nitrogens is 2. The van der Waals surface area contributed by atoms with E-state index in [0.717, 1.165) is 18.7 Å². The van der Waals surface area contributed by atoms with Gasteiger partial charge in [-0.05, 0) is 25.0 Å². The van der Waals surface area contributed by atoms with Crippen LogP contribution in [0.4, 0.5) is 19.0 Å². The van der Waals surface area contributed by atoms with Crippen LogP contribution in [0, 0.1) is 0 Å². The van der Waals surface area contributed by atoms with Crippen molar-refractivity contribution in [1.82, 2.24) is 10.1 Å². The number of rotatable bonds is 4. The summed E-state index contributed by atoms with van der Waals surface area (Å²) in [5.74, 6) is 1.05. The highest BCUT2D eigenvalue weighted by atomic mass is 19.4. The molecule has 2 aromatic heterocycles. The molecule has 0 amide bonds. The zero-order valence-electron chi connectivity index (χ0n) is 15.5. The van der Waals surface area contributed by atoms with Crippen molar-refractivity contribution in [3.05, 3.63) is 41.4 Å². The molecule has 27 heavy (non-hydrogen) atoms. The van der Waals surface area contributed by atoms with Crippen LogP contribution in [0.1, 0.15) is 50.6 Å². The zero-order chi connectivity index (χ0) is 19.8. The number of hydrogen-bond acceptors (Lipinski definition) is 5. The van der Waals surface area contributed by atoms with E-state index in [0.29, 0.717) is 30.2 Å². The number of ketones is 1. The molecule has 0 saturated carbocycles. The molecule has 0 radical (unpaired) electrons. The van der Waals surface area contributed by atoms with Crippen LogP contribution in [0.3, 0.4) is 0 Å². The Hall–Kier alpha value is -2.38. The van der Waals surface area contributed by atoms with Gasteiger partial charge in [-0.15, -0.1) is 0 Å². The van der Waals surface area contributed by atoms with E-state index in [-0.39, 0.29) is 17.6 Å². The fourth-order valence-electron chi connectivity index (χ4n) is 3.14. The Kier molecular flexibility index (Phi) is 5.01. The van der Waals surface area contributed by atoms with Gasteiger partial charge in [-0.2, -0.15) is 13.2 Å². The molecule has 0 aromatic carbocycles. The van der Waals surface area contributed by atoms with Gasteiger partial charge in [0.15, 0.2) is 5.78 Å². The van der Waals surface area contributed by atoms with Crippen molar-refractivity contribution in [2.75, 3.05) is 11.4 Å². The Labute approximate surface area is 155 Å². The first kappa shape index (κ1) is 19.4. The average Bonchev–Trinajstić information content (AvgIpc) is 3.22. The lowest BCUT2D eigenvalue weighted by molar-refractivity contribution is -0.137. The molecule has 1 aliphatic rings. The third kappa shape index (κ3) is 4.31. The molecule has 3 rings (SSSR count). The Balaban J connectivity index is 1.72. The van der Waals surface area contributed by atoms with Crippen LogP contribution in [-0.4, -0.2) is 28.5 Å². The van der Waals surface area contributed by atoms with Crippen molar-refractivity contribution in [2.24, 2.45) is 0 Å². The molecule has 3 heterocycles. The van der Waals surface area contributed by atoms with Crippen molar-refractivity contribution >= 4 is 11.6 Å². The molecule has 0 spiro atoms. The van der Waals surface area contributed by atoms with Gasteiger partial charge in [0.1, 0.15) is 11.6 Å². The summed E-state index contributed by atoms with van der Waals surface area (Å²) in [5.41, 5.74) is -0.430. The molecule has 8 heteroatoms. The Bertz CT molecular complexity index is 807. The SMILES string of the molecule is CC(C)(C)c1cc(CC(=O)C2CCCN2c2ccc(C(F)(F)F)cn2)no1. The molecule has 1 fully saturated rings. The summed E-state index contributed by atoms with van der Waals surface area (Å²) in [6.07, 6.45) is -2.07. The second-order valence-corrected chi connectivity index (χ2v) is 7.83. The number of pyridine rings is 1. The standard InChI is InChI=1S/C19H22F3N3O2/c1-18(2,3)16-10-13(24-27-16)9-15(26)14-5-4-8-25(14)17-7-6-12(11-23-17)19(20,21)22/h6-7,10-11,14H,4-5,8-9H2,1-3H3. The zero-order valence-corrected chi connectivity index (χ0v) is 15.5. The number of anilines is 1. The summed E-state index contributed by atoms with van der Waals surface area (Å²) in [4.78, 5) is 18.4. The topological polar surface area (TPSA) is 59.2 Å². The molecular weight excluding hydrogens is 359 g/mol. The van der Waals surface area contributed by atoms with Crippen LogP contribution in [-0.2, 0) is 22.8 Å². The lowest BCUT2D eigenvalue weighted by Gasteiger charge is -2.24. The number of hydrogen-bond donors (Lipinski definition) is 0. The highest BCUT2D eigenvalue weighted by Crippen LogP contribution is 2.31. The van der Waals surface area contributed by atoms with Crippen molar-refractivity contribution in [1.29, 1.82) is 0 Å². The lowest BCUT2D eigenvalue weighted by Crippen LogP contribution is -2.37. The van der Waals surface area contributed by atoms with Gasteiger partial charge in [0, 0.05) is 24.2 Å². The number of halogens is 3. The highest BCUT2D eigenvalue weighted by molar-refractivity contribution is 5.89. The smallest absolute Gasteiger partial charge is 0.361 e. The van der Waals surface area contributed by atoms with Gasteiger partial charge in [-0.1, -0.05) is 25.9 Å². The quantitative estimate of drug-likeness (QED) is 0.796. The maximum atomic E-state index is 12.8. The lowest BCUT2D eigenvalue weighted by atomic mass is 9.93. The summed E-state index contributed by atoms with van der Waals surface area (Å²) < 4.78 is 43.4. The van der Waals surface area contributed by atoms with Crippen LogP contribution in [0.25, 0.3) is 0 Å². The maximum absolute atomic E-state index is 12.8. The minimum atomic E-state index is -4.43. The predicted molar refractivity (Wildman–Crippen MR) is 93.5 cm³/mol. The fraction of sp³-hybridized carbons (Fsp3) is 0.526. The maximum Gasteiger partial charge on any atom is 0.417 e. The van der Waals surface area contributed by atoms with Gasteiger partial charge in [-0.25, -0.2) is 4.98 Å². The Morgan fingerprint density at radius 2 is 2.04 bits per heavy atom. The molecular formula is C19H22F3N3O2. The molecule has 0 bridgehead atoms. The fourth-order valence-corrected chi connectivity index (χ4v) is 3.14. The number of Topliss-reactive ketones (excluding diaryl/α,β-unsaturated/α-hetero) is 1. The van der Waals surface area contributed by atoms with E-state index in [9.17, 15) is 18.0 Å². The first-order valence-corrected chi connectivity index (χ1v) is 8.84. The van der Waals surface area contributed by atoms with Crippen molar-refractivity contribution < 1.29 is 22.5 Å². The molecule has 5 nitrogen and oxygen atoms in total. The van der Waals surface area contributed by atoms with Crippen LogP contribution in [0.5, 0.6) is 0 Å². The van der Waals surface area contributed by atoms with Gasteiger partial charge in [0.2, 0.25) is 0 Å². The van der Waals surface area contributed by atoms with Gasteiger partial charge in [0.25, 0.3) is 0 Å². The first-order valence-electron chi connectivity index (χ1n) is 8.84. The molecule has 2 aromatic rings. The highest BCUT2D eigenvalue weighted by Gasteiger charge is 2.34. The van der Waals surface area contributed by atoms with Crippen molar-refractivity contribution in [3.63, 3.8) is 0 Å². The van der Waals surface area contributed by atoms with E-state index in [2.05, 4.69) is 10.1 Å². The number of alkyl halides is 3. The average molecular weight is 381 g/mol. The third-order valence-electron chi connectivity index (χ3n) is 4.65. The molecule has 0 aliphatic carbocycles. The van der Waals surface area contributed by atoms with Crippen molar-refractivity contribution in [2.45, 2.75) is 57.7 Å². The van der Waals surface area contributed by atoms with E-state index in [1.807, 2.05) is 20.8 Å². The minimum Gasteiger partial charge on any atom is -0.361 e. The number of nitrogens with zero attached hydrogens (tertiary/aromatic N) is 3. The van der Waals surface area contributed by atoms with E-state index < -0.39 is 17.8 Å². The molecule has 0 N–H and O–H groups in total. The van der Waals surface area contributed by atoms with Crippen molar-refractivity contribution in [3.8, 4) is 0 Å². The number of carbonyl (C=O) groups is 1. The van der Waals surface area contributed by atoms with E-state index in [1.165, 1.54) is 6.07 Å². The van der Waals surface area contributed by atoms with E-state index in [4.69, 9.17) is 4.52 Å². The largest absolute Gasteiger partial charge is 0.417 e. The van der Waals surface area contributed by atoms with Gasteiger partial charge in [0.05, 0.1) is 23.7 Å². The first-order chi connectivity index (χ1) is 12.6. The van der Waals surface area contributed by atoms with Crippen LogP contribution >= 0.6 is 0 Å². The monoisotopic (exact) mass is 381 g/mol. The van der Waals surface area contributed by atoms with Gasteiger partial charge in [-0.3, -0.25) is 4.79 Å². The Morgan fingerprint density at radius 3 is 2.59 bits per heavy atom. The minimum absolute atomic E-state index is 0.0389. The van der Waals surface area contributed by atoms with Crippen LogP contribution in [0.15, 0.2) is 28.9 Å². The molecule has 1 unspecified atom stereocenters. The van der Waals surface area contributed by atoms with E-state index >= 15 is 0 Å². The predicted octanol–water partition coefficient (Wildman–Crippen LogP) is 4.17. The molecule has 1 saturated heterocycles. The Morgan fingerprint density at radius 1 is 1.30 bits per heavy atom. The summed E-state index contributed by atoms with van der Waals surface area (Å²) in [6, 6.07) is 3.69. The van der Waals surface area contributed by atoms with Gasteiger partial charge >= 0.3 is 6.18 Å². The normalized spacial score (nSPS) is 18.1. The van der Waals surface area contributed by atoms with Gasteiger partial charge < -0.3 is 9.42 Å². The second-order valence-electron chi connectivity index (χ2n) is 7.83. The summed E-state index contributed by atoms with van der Waals surface area (Å²) in [6.45, 7) is 6.57. The van der Waals surface area contributed by atoms with E-state index in [1.54, 1.807) is 11.0 Å². The van der Waals surface area contributed by atoms with Crippen LogP contribution < -0.4 is 4.90 Å². The molecule has 146 valence electrons. The third-order valence-corrected chi connectivity index (χ3v) is 4.65. The summed E-state index contributed by atoms with van der Waals surface area (Å²) >= 11 is 0. The second kappa shape index (κ2) is 6.98. The summed E-state index contributed by atoms with van der Waals surface area (Å²) in [5, 5.41) is 3.98. The molecule has 1 atom stereocenters. The number of carbonyl (C=O) groups excluding carboxylic acids is 1.